The van der Waals surface area contributed by atoms with E-state index in [2.05, 4.69) is 54.4 Å². The quantitative estimate of drug-likeness (QED) is 0.845. The van der Waals surface area contributed by atoms with Gasteiger partial charge in [-0.05, 0) is 47.6 Å². The Morgan fingerprint density at radius 2 is 2.00 bits per heavy atom. The summed E-state index contributed by atoms with van der Waals surface area (Å²) in [5.41, 5.74) is 6.41. The van der Waals surface area contributed by atoms with Crippen LogP contribution in [0.5, 0.6) is 0 Å². The molecule has 0 aliphatic carbocycles. The highest BCUT2D eigenvalue weighted by atomic mass is 28.4. The van der Waals surface area contributed by atoms with E-state index >= 15 is 0 Å². The summed E-state index contributed by atoms with van der Waals surface area (Å²) in [6.45, 7) is 13.8. The maximum absolute atomic E-state index is 6.27. The predicted octanol–water partition coefficient (Wildman–Crippen LogP) is 2.90. The fourth-order valence-corrected chi connectivity index (χ4v) is 2.94. The van der Waals surface area contributed by atoms with Gasteiger partial charge in [-0.1, -0.05) is 26.8 Å². The van der Waals surface area contributed by atoms with Gasteiger partial charge in [-0.25, -0.2) is 9.67 Å². The molecule has 0 radical (unpaired) electrons. The van der Waals surface area contributed by atoms with Crippen molar-refractivity contribution in [1.82, 2.24) is 25.2 Å². The molecule has 0 aliphatic rings. The van der Waals surface area contributed by atoms with E-state index in [0.29, 0.717) is 23.9 Å². The number of aromatic nitrogens is 5. The fraction of sp³-hybridized carbons (Fsp3) is 0.600. The van der Waals surface area contributed by atoms with Crippen LogP contribution in [0.25, 0.3) is 11.5 Å². The van der Waals surface area contributed by atoms with Crippen LogP contribution in [-0.4, -0.2) is 40.1 Å². The van der Waals surface area contributed by atoms with E-state index in [1.165, 1.54) is 0 Å². The largest absolute Gasteiger partial charge is 0.415 e. The second kappa shape index (κ2) is 6.36. The number of anilines is 1. The Bertz CT molecular complexity index is 664. The minimum absolute atomic E-state index is 0.0114. The summed E-state index contributed by atoms with van der Waals surface area (Å²) >= 11 is 0. The van der Waals surface area contributed by atoms with Crippen LogP contribution >= 0.6 is 0 Å². The second-order valence-electron chi connectivity index (χ2n) is 7.32. The van der Waals surface area contributed by atoms with Gasteiger partial charge in [0.15, 0.2) is 8.32 Å². The lowest BCUT2D eigenvalue weighted by atomic mass is 10.2. The van der Waals surface area contributed by atoms with E-state index < -0.39 is 8.32 Å². The molecule has 0 unspecified atom stereocenters. The number of rotatable bonds is 5. The lowest BCUT2D eigenvalue weighted by molar-refractivity contribution is 0.229. The van der Waals surface area contributed by atoms with Gasteiger partial charge in [-0.2, -0.15) is 0 Å². The number of pyridine rings is 1. The van der Waals surface area contributed by atoms with Crippen LogP contribution in [0.3, 0.4) is 0 Å². The molecule has 2 aromatic heterocycles. The molecule has 0 aromatic carbocycles. The molecule has 0 amide bonds. The van der Waals surface area contributed by atoms with Crippen LogP contribution in [-0.2, 0) is 4.43 Å². The average molecular weight is 335 g/mol. The zero-order chi connectivity index (χ0) is 17.3. The van der Waals surface area contributed by atoms with Gasteiger partial charge in [0.25, 0.3) is 0 Å². The van der Waals surface area contributed by atoms with Crippen molar-refractivity contribution in [3.8, 4) is 11.5 Å². The Labute approximate surface area is 138 Å². The molecule has 2 heterocycles. The molecule has 0 fully saturated rings. The molecule has 2 N–H and O–H groups in total. The maximum Gasteiger partial charge on any atom is 0.201 e. The Kier molecular flexibility index (Phi) is 4.86. The Hall–Kier alpha value is -1.80. The predicted molar refractivity (Wildman–Crippen MR) is 93.3 cm³/mol. The number of nitrogens with zero attached hydrogens (tertiary/aromatic N) is 5. The lowest BCUT2D eigenvalue weighted by Crippen LogP contribution is -2.42. The molecule has 0 saturated heterocycles. The number of nitrogen functional groups attached to an aromatic ring is 1. The summed E-state index contributed by atoms with van der Waals surface area (Å²) in [7, 11) is -1.80. The summed E-state index contributed by atoms with van der Waals surface area (Å²) in [4.78, 5) is 4.29. The van der Waals surface area contributed by atoms with Gasteiger partial charge in [-0.3, -0.25) is 0 Å². The van der Waals surface area contributed by atoms with Crippen molar-refractivity contribution in [2.24, 2.45) is 0 Å². The molecular formula is C15H26N6OSi. The van der Waals surface area contributed by atoms with Crippen molar-refractivity contribution in [2.75, 3.05) is 12.3 Å². The smallest absolute Gasteiger partial charge is 0.201 e. The van der Waals surface area contributed by atoms with E-state index in [-0.39, 0.29) is 11.1 Å². The third-order valence-electron chi connectivity index (χ3n) is 4.40. The first-order chi connectivity index (χ1) is 10.6. The van der Waals surface area contributed by atoms with Gasteiger partial charge in [-0.15, -0.1) is 5.10 Å². The highest BCUT2D eigenvalue weighted by Gasteiger charge is 2.37. The molecule has 0 saturated carbocycles. The first kappa shape index (κ1) is 17.5. The van der Waals surface area contributed by atoms with Gasteiger partial charge >= 0.3 is 0 Å². The van der Waals surface area contributed by atoms with E-state index in [1.807, 2.05) is 19.1 Å². The van der Waals surface area contributed by atoms with Crippen molar-refractivity contribution in [2.45, 2.75) is 51.9 Å². The second-order valence-corrected chi connectivity index (χ2v) is 12.1. The number of tetrazole rings is 1. The molecule has 0 aliphatic heterocycles. The topological polar surface area (TPSA) is 91.7 Å². The SMILES string of the molecule is C[C@H](CO[Si](C)(C)C(C)(C)C)n1nnnc1-c1cccc(N)n1. The van der Waals surface area contributed by atoms with Gasteiger partial charge in [0, 0.05) is 0 Å². The molecular weight excluding hydrogens is 308 g/mol. The first-order valence-corrected chi connectivity index (χ1v) is 10.7. The average Bonchev–Trinajstić information content (AvgIpc) is 2.93. The lowest BCUT2D eigenvalue weighted by Gasteiger charge is -2.36. The van der Waals surface area contributed by atoms with Crippen LogP contribution < -0.4 is 5.73 Å². The van der Waals surface area contributed by atoms with Crippen molar-refractivity contribution in [3.05, 3.63) is 18.2 Å². The molecule has 2 rings (SSSR count). The van der Waals surface area contributed by atoms with Crippen LogP contribution in [0.4, 0.5) is 5.82 Å². The van der Waals surface area contributed by atoms with E-state index in [0.717, 1.165) is 0 Å². The van der Waals surface area contributed by atoms with Gasteiger partial charge < -0.3 is 10.2 Å². The monoisotopic (exact) mass is 334 g/mol. The minimum Gasteiger partial charge on any atom is -0.415 e. The third-order valence-corrected chi connectivity index (χ3v) is 8.90. The van der Waals surface area contributed by atoms with Gasteiger partial charge in [0.1, 0.15) is 11.5 Å². The normalized spacial score (nSPS) is 14.0. The van der Waals surface area contributed by atoms with Crippen molar-refractivity contribution in [3.63, 3.8) is 0 Å². The van der Waals surface area contributed by atoms with Crippen LogP contribution in [0.15, 0.2) is 18.2 Å². The van der Waals surface area contributed by atoms with Gasteiger partial charge in [0.05, 0.1) is 12.6 Å². The number of nitrogens with two attached hydrogens (primary N) is 1. The minimum atomic E-state index is -1.80. The zero-order valence-corrected chi connectivity index (χ0v) is 15.7. The Morgan fingerprint density at radius 3 is 2.61 bits per heavy atom. The summed E-state index contributed by atoms with van der Waals surface area (Å²) in [5, 5.41) is 12.1. The fourth-order valence-electron chi connectivity index (χ4n) is 1.85. The maximum atomic E-state index is 6.27. The molecule has 0 spiro atoms. The van der Waals surface area contributed by atoms with Crippen LogP contribution in [0.2, 0.25) is 18.1 Å². The molecule has 126 valence electrons. The molecule has 2 aromatic rings. The number of hydrogen-bond acceptors (Lipinski definition) is 6. The molecule has 0 bridgehead atoms. The van der Waals surface area contributed by atoms with Crippen molar-refractivity contribution in [1.29, 1.82) is 0 Å². The van der Waals surface area contributed by atoms with E-state index in [9.17, 15) is 0 Å². The van der Waals surface area contributed by atoms with Crippen LogP contribution in [0.1, 0.15) is 33.7 Å². The summed E-state index contributed by atoms with van der Waals surface area (Å²) in [5.74, 6) is 1.05. The summed E-state index contributed by atoms with van der Waals surface area (Å²) in [6, 6.07) is 5.44. The third kappa shape index (κ3) is 3.94. The van der Waals surface area contributed by atoms with Crippen molar-refractivity contribution < 1.29 is 4.43 Å². The number of hydrogen-bond donors (Lipinski definition) is 1. The first-order valence-electron chi connectivity index (χ1n) is 7.76. The van der Waals surface area contributed by atoms with E-state index in [4.69, 9.17) is 10.2 Å². The van der Waals surface area contributed by atoms with Crippen molar-refractivity contribution >= 4 is 14.1 Å². The van der Waals surface area contributed by atoms with Crippen LogP contribution in [0, 0.1) is 0 Å². The molecule has 8 heteroatoms. The Morgan fingerprint density at radius 1 is 1.30 bits per heavy atom. The highest BCUT2D eigenvalue weighted by molar-refractivity contribution is 6.74. The summed E-state index contributed by atoms with van der Waals surface area (Å²) in [6.07, 6.45) is 0. The molecule has 23 heavy (non-hydrogen) atoms. The molecule has 7 nitrogen and oxygen atoms in total. The van der Waals surface area contributed by atoms with E-state index in [1.54, 1.807) is 10.7 Å². The highest BCUT2D eigenvalue weighted by Crippen LogP contribution is 2.37. The standard InChI is InChI=1S/C15H26N6OSi/c1-11(10-22-23(5,6)15(2,3)4)21-14(18-19-20-21)12-8-7-9-13(16)17-12/h7-9,11H,10H2,1-6H3,(H2,16,17)/t11-/m1/s1. The zero-order valence-electron chi connectivity index (χ0n) is 14.7. The Balaban J connectivity index is 2.16. The summed E-state index contributed by atoms with van der Waals surface area (Å²) < 4.78 is 8.02. The van der Waals surface area contributed by atoms with Gasteiger partial charge in [0.2, 0.25) is 5.82 Å². The molecule has 1 atom stereocenters.